The van der Waals surface area contributed by atoms with E-state index in [9.17, 15) is 9.59 Å². The molecule has 0 unspecified atom stereocenters. The Kier molecular flexibility index (Phi) is 4.80. The summed E-state index contributed by atoms with van der Waals surface area (Å²) < 4.78 is 12.1. The fraction of sp³-hybridized carbons (Fsp3) is 0.238. The zero-order valence-corrected chi connectivity index (χ0v) is 15.3. The first-order valence-electron chi connectivity index (χ1n) is 8.43. The second kappa shape index (κ2) is 7.04. The number of carbonyl (C=O) groups is 2. The lowest BCUT2D eigenvalue weighted by Crippen LogP contribution is -2.15. The van der Waals surface area contributed by atoms with Gasteiger partial charge in [0.05, 0.1) is 24.3 Å². The molecule has 0 bridgehead atoms. The molecule has 2 aromatic carbocycles. The maximum atomic E-state index is 13.2. The summed E-state index contributed by atoms with van der Waals surface area (Å²) in [5.74, 6) is -0.0432. The number of esters is 1. The lowest BCUT2D eigenvalue weighted by Gasteiger charge is -2.12. The van der Waals surface area contributed by atoms with Crippen LogP contribution in [-0.2, 0) is 4.74 Å². The molecule has 5 heteroatoms. The van der Waals surface area contributed by atoms with Crippen molar-refractivity contribution in [3.8, 4) is 5.75 Å². The van der Waals surface area contributed by atoms with Gasteiger partial charge in [-0.1, -0.05) is 24.3 Å². The van der Waals surface area contributed by atoms with Crippen molar-refractivity contribution in [2.45, 2.75) is 26.9 Å². The Morgan fingerprint density at radius 3 is 2.46 bits per heavy atom. The topological polar surface area (TPSA) is 57.5 Å². The minimum absolute atomic E-state index is 0.0143. The molecule has 0 saturated carbocycles. The van der Waals surface area contributed by atoms with Gasteiger partial charge in [0, 0.05) is 16.6 Å². The maximum Gasteiger partial charge on any atom is 0.340 e. The van der Waals surface area contributed by atoms with Crippen LogP contribution in [0.1, 0.15) is 40.3 Å². The first-order chi connectivity index (χ1) is 12.4. The summed E-state index contributed by atoms with van der Waals surface area (Å²) in [7, 11) is 1.34. The highest BCUT2D eigenvalue weighted by atomic mass is 16.5. The SMILES string of the molecule is COC(=O)c1c(C)n(C(=O)c2cccc(OC(C)C)c2)c2ccccc12. The molecular formula is C21H21NO4. The lowest BCUT2D eigenvalue weighted by molar-refractivity contribution is 0.0602. The third-order valence-electron chi connectivity index (χ3n) is 4.16. The van der Waals surface area contributed by atoms with Crippen molar-refractivity contribution < 1.29 is 19.1 Å². The van der Waals surface area contributed by atoms with Gasteiger partial charge in [-0.3, -0.25) is 9.36 Å². The van der Waals surface area contributed by atoms with Crippen LogP contribution in [0.4, 0.5) is 0 Å². The summed E-state index contributed by atoms with van der Waals surface area (Å²) in [6, 6.07) is 14.4. The Bertz CT molecular complexity index is 985. The number of rotatable bonds is 4. The van der Waals surface area contributed by atoms with E-state index >= 15 is 0 Å². The number of ether oxygens (including phenoxy) is 2. The number of hydrogen-bond acceptors (Lipinski definition) is 4. The lowest BCUT2D eigenvalue weighted by atomic mass is 10.1. The molecule has 0 fully saturated rings. The number of nitrogens with zero attached hydrogens (tertiary/aromatic N) is 1. The molecule has 0 atom stereocenters. The molecule has 1 heterocycles. The molecule has 1 aromatic heterocycles. The molecule has 3 rings (SSSR count). The Labute approximate surface area is 152 Å². The Morgan fingerprint density at radius 1 is 1.04 bits per heavy atom. The van der Waals surface area contributed by atoms with E-state index < -0.39 is 5.97 Å². The van der Waals surface area contributed by atoms with Crippen LogP contribution in [0.5, 0.6) is 5.75 Å². The van der Waals surface area contributed by atoms with Gasteiger partial charge in [0.15, 0.2) is 0 Å². The van der Waals surface area contributed by atoms with Crippen LogP contribution in [0, 0.1) is 6.92 Å². The number of para-hydroxylation sites is 1. The molecule has 0 N–H and O–H groups in total. The van der Waals surface area contributed by atoms with E-state index in [2.05, 4.69) is 0 Å². The first-order valence-corrected chi connectivity index (χ1v) is 8.43. The summed E-state index contributed by atoms with van der Waals surface area (Å²) in [5.41, 5.74) is 2.12. The molecule has 0 amide bonds. The van der Waals surface area contributed by atoms with Crippen molar-refractivity contribution in [2.24, 2.45) is 0 Å². The summed E-state index contributed by atoms with van der Waals surface area (Å²) in [6.07, 6.45) is 0.0143. The zero-order chi connectivity index (χ0) is 18.8. The number of benzene rings is 2. The van der Waals surface area contributed by atoms with Gasteiger partial charge in [0.25, 0.3) is 5.91 Å². The normalized spacial score (nSPS) is 11.0. The maximum absolute atomic E-state index is 13.2. The highest BCUT2D eigenvalue weighted by molar-refractivity contribution is 6.11. The smallest absolute Gasteiger partial charge is 0.340 e. The van der Waals surface area contributed by atoms with E-state index in [1.807, 2.05) is 44.2 Å². The van der Waals surface area contributed by atoms with Crippen LogP contribution in [0.15, 0.2) is 48.5 Å². The summed E-state index contributed by atoms with van der Waals surface area (Å²) >= 11 is 0. The first kappa shape index (κ1) is 17.7. The quantitative estimate of drug-likeness (QED) is 0.661. The predicted molar refractivity (Wildman–Crippen MR) is 99.9 cm³/mol. The van der Waals surface area contributed by atoms with Crippen LogP contribution in [-0.4, -0.2) is 29.7 Å². The number of carbonyl (C=O) groups excluding carboxylic acids is 2. The monoisotopic (exact) mass is 351 g/mol. The van der Waals surface area contributed by atoms with E-state index in [0.29, 0.717) is 33.5 Å². The third kappa shape index (κ3) is 3.08. The fourth-order valence-electron chi connectivity index (χ4n) is 3.09. The molecule has 0 aliphatic rings. The minimum Gasteiger partial charge on any atom is -0.491 e. The molecule has 5 nitrogen and oxygen atoms in total. The largest absolute Gasteiger partial charge is 0.491 e. The zero-order valence-electron chi connectivity index (χ0n) is 15.3. The van der Waals surface area contributed by atoms with Crippen molar-refractivity contribution in [1.82, 2.24) is 4.57 Å². The van der Waals surface area contributed by atoms with Crippen molar-refractivity contribution in [2.75, 3.05) is 7.11 Å². The number of hydrogen-bond donors (Lipinski definition) is 0. The summed E-state index contributed by atoms with van der Waals surface area (Å²) in [5, 5.41) is 0.694. The van der Waals surface area contributed by atoms with E-state index in [1.165, 1.54) is 7.11 Å². The average Bonchev–Trinajstić information content (AvgIpc) is 2.92. The standard InChI is InChI=1S/C21H21NO4/c1-13(2)26-16-9-7-8-15(12-16)20(23)22-14(3)19(21(24)25-4)17-10-5-6-11-18(17)22/h5-13H,1-4H3. The van der Waals surface area contributed by atoms with Gasteiger partial charge in [0.2, 0.25) is 0 Å². The van der Waals surface area contributed by atoms with E-state index in [1.54, 1.807) is 29.7 Å². The number of fused-ring (bicyclic) bond motifs is 1. The molecule has 0 spiro atoms. The predicted octanol–water partition coefficient (Wildman–Crippen LogP) is 4.21. The van der Waals surface area contributed by atoms with E-state index in [0.717, 1.165) is 0 Å². The van der Waals surface area contributed by atoms with Crippen LogP contribution < -0.4 is 4.74 Å². The molecule has 3 aromatic rings. The fourth-order valence-corrected chi connectivity index (χ4v) is 3.09. The van der Waals surface area contributed by atoms with Gasteiger partial charge >= 0.3 is 5.97 Å². The van der Waals surface area contributed by atoms with E-state index in [-0.39, 0.29) is 12.0 Å². The second-order valence-corrected chi connectivity index (χ2v) is 6.30. The van der Waals surface area contributed by atoms with Gasteiger partial charge in [-0.2, -0.15) is 0 Å². The van der Waals surface area contributed by atoms with Crippen LogP contribution >= 0.6 is 0 Å². The van der Waals surface area contributed by atoms with Gasteiger partial charge in [-0.05, 0) is 45.0 Å². The van der Waals surface area contributed by atoms with Gasteiger partial charge in [-0.25, -0.2) is 4.79 Å². The summed E-state index contributed by atoms with van der Waals surface area (Å²) in [6.45, 7) is 5.61. The highest BCUT2D eigenvalue weighted by Gasteiger charge is 2.24. The Balaban J connectivity index is 2.15. The number of methoxy groups -OCH3 is 1. The molecule has 0 aliphatic heterocycles. The van der Waals surface area contributed by atoms with Crippen molar-refractivity contribution >= 4 is 22.8 Å². The van der Waals surface area contributed by atoms with Gasteiger partial charge < -0.3 is 9.47 Å². The van der Waals surface area contributed by atoms with Crippen LogP contribution in [0.3, 0.4) is 0 Å². The van der Waals surface area contributed by atoms with Gasteiger partial charge in [-0.15, -0.1) is 0 Å². The van der Waals surface area contributed by atoms with Crippen LogP contribution in [0.25, 0.3) is 10.9 Å². The summed E-state index contributed by atoms with van der Waals surface area (Å²) in [4.78, 5) is 25.4. The Hall–Kier alpha value is -3.08. The molecule has 0 saturated heterocycles. The van der Waals surface area contributed by atoms with Crippen LogP contribution in [0.2, 0.25) is 0 Å². The van der Waals surface area contributed by atoms with Crippen molar-refractivity contribution in [3.05, 3.63) is 65.4 Å². The second-order valence-electron chi connectivity index (χ2n) is 6.30. The Morgan fingerprint density at radius 2 is 1.77 bits per heavy atom. The third-order valence-corrected chi connectivity index (χ3v) is 4.16. The average molecular weight is 351 g/mol. The molecule has 0 aliphatic carbocycles. The molecular weight excluding hydrogens is 330 g/mol. The number of aromatic nitrogens is 1. The van der Waals surface area contributed by atoms with E-state index in [4.69, 9.17) is 9.47 Å². The molecule has 26 heavy (non-hydrogen) atoms. The minimum atomic E-state index is -0.456. The van der Waals surface area contributed by atoms with Gasteiger partial charge in [0.1, 0.15) is 5.75 Å². The highest BCUT2D eigenvalue weighted by Crippen LogP contribution is 2.28. The van der Waals surface area contributed by atoms with Crippen molar-refractivity contribution in [3.63, 3.8) is 0 Å². The molecule has 134 valence electrons. The molecule has 0 radical (unpaired) electrons. The van der Waals surface area contributed by atoms with Crippen molar-refractivity contribution in [1.29, 1.82) is 0 Å².